The Balaban J connectivity index is 2.88. The summed E-state index contributed by atoms with van der Waals surface area (Å²) in [6, 6.07) is 7.61. The number of anilines is 1. The molecule has 0 heterocycles. The van der Waals surface area contributed by atoms with Crippen LogP contribution in [-0.4, -0.2) is 19.9 Å². The molecule has 84 valence electrons. The molecule has 0 amide bonds. The number of carbonyl (C=O) groups excluding carboxylic acids is 1. The van der Waals surface area contributed by atoms with E-state index in [0.29, 0.717) is 12.1 Å². The van der Waals surface area contributed by atoms with E-state index in [1.54, 1.807) is 12.1 Å². The van der Waals surface area contributed by atoms with Gasteiger partial charge in [0.1, 0.15) is 6.29 Å². The topological polar surface area (TPSA) is 44.1 Å². The van der Waals surface area contributed by atoms with E-state index >= 15 is 0 Å². The van der Waals surface area contributed by atoms with Gasteiger partial charge in [0.2, 0.25) is 0 Å². The van der Waals surface area contributed by atoms with Crippen molar-refractivity contribution in [3.05, 3.63) is 28.2 Å². The van der Waals surface area contributed by atoms with Crippen molar-refractivity contribution in [2.24, 2.45) is 5.92 Å². The minimum absolute atomic E-state index is 0.0253. The molecular weight excluding hydrogens is 268 g/mol. The van der Waals surface area contributed by atoms with Gasteiger partial charge in [0.15, 0.2) is 0 Å². The second-order valence-corrected chi connectivity index (χ2v) is 4.59. The first kappa shape index (κ1) is 12.7. The summed E-state index contributed by atoms with van der Waals surface area (Å²) in [6.45, 7) is 2.54. The number of carbonyl (C=O) groups is 1. The maximum Gasteiger partial charge on any atom is 0.150 e. The first-order valence-corrected chi connectivity index (χ1v) is 5.73. The standard InChI is InChI=1S/C12H13BrN2O/c1-9(6-14)7-15(2)12-4-3-10(8-16)5-11(12)13/h3-5,8-9H,7H2,1-2H3. The van der Waals surface area contributed by atoms with Crippen LogP contribution in [-0.2, 0) is 0 Å². The zero-order chi connectivity index (χ0) is 12.1. The van der Waals surface area contributed by atoms with Crippen molar-refractivity contribution in [3.63, 3.8) is 0 Å². The molecule has 0 aliphatic rings. The number of halogens is 1. The molecule has 1 rings (SSSR count). The summed E-state index contributed by atoms with van der Waals surface area (Å²) in [5.74, 6) is -0.0253. The third-order valence-corrected chi connectivity index (χ3v) is 2.92. The lowest BCUT2D eigenvalue weighted by Gasteiger charge is -2.21. The van der Waals surface area contributed by atoms with Crippen LogP contribution in [0.1, 0.15) is 17.3 Å². The highest BCUT2D eigenvalue weighted by Crippen LogP contribution is 2.26. The van der Waals surface area contributed by atoms with Crippen molar-refractivity contribution in [3.8, 4) is 6.07 Å². The molecule has 1 unspecified atom stereocenters. The minimum Gasteiger partial charge on any atom is -0.372 e. The maximum absolute atomic E-state index is 10.6. The van der Waals surface area contributed by atoms with Crippen LogP contribution in [0.25, 0.3) is 0 Å². The maximum atomic E-state index is 10.6. The quantitative estimate of drug-likeness (QED) is 0.797. The molecule has 0 radical (unpaired) electrons. The fourth-order valence-electron chi connectivity index (χ4n) is 1.46. The number of hydrogen-bond acceptors (Lipinski definition) is 3. The molecule has 16 heavy (non-hydrogen) atoms. The van der Waals surface area contributed by atoms with Crippen LogP contribution in [0.15, 0.2) is 22.7 Å². The van der Waals surface area contributed by atoms with E-state index in [1.807, 2.05) is 24.9 Å². The Morgan fingerprint density at radius 2 is 2.31 bits per heavy atom. The molecule has 0 spiro atoms. The third kappa shape index (κ3) is 3.07. The summed E-state index contributed by atoms with van der Waals surface area (Å²) in [7, 11) is 1.93. The van der Waals surface area contributed by atoms with Gasteiger partial charge >= 0.3 is 0 Å². The molecule has 0 saturated carbocycles. The second-order valence-electron chi connectivity index (χ2n) is 3.74. The molecule has 4 heteroatoms. The Bertz CT molecular complexity index is 426. The molecule has 1 atom stereocenters. The van der Waals surface area contributed by atoms with Crippen molar-refractivity contribution in [1.29, 1.82) is 5.26 Å². The van der Waals surface area contributed by atoms with Gasteiger partial charge in [0.05, 0.1) is 17.7 Å². The predicted octanol–water partition coefficient (Wildman–Crippen LogP) is 2.86. The number of rotatable bonds is 4. The number of benzene rings is 1. The van der Waals surface area contributed by atoms with Crippen LogP contribution in [0, 0.1) is 17.2 Å². The van der Waals surface area contributed by atoms with Gasteiger partial charge in [0.25, 0.3) is 0 Å². The smallest absolute Gasteiger partial charge is 0.150 e. The first-order valence-electron chi connectivity index (χ1n) is 4.94. The number of aldehydes is 1. The van der Waals surface area contributed by atoms with Crippen LogP contribution in [0.2, 0.25) is 0 Å². The highest BCUT2D eigenvalue weighted by Gasteiger charge is 2.09. The summed E-state index contributed by atoms with van der Waals surface area (Å²) in [5, 5.41) is 8.75. The normalized spacial score (nSPS) is 11.6. The first-order chi connectivity index (χ1) is 7.58. The average molecular weight is 281 g/mol. The van der Waals surface area contributed by atoms with Gasteiger partial charge in [-0.3, -0.25) is 4.79 Å². The third-order valence-electron chi connectivity index (χ3n) is 2.29. The Kier molecular flexibility index (Phi) is 4.51. The summed E-state index contributed by atoms with van der Waals surface area (Å²) in [4.78, 5) is 12.6. The Hall–Kier alpha value is -1.34. The summed E-state index contributed by atoms with van der Waals surface area (Å²) in [5.41, 5.74) is 1.62. The Labute approximate surface area is 104 Å². The molecule has 0 N–H and O–H groups in total. The van der Waals surface area contributed by atoms with Gasteiger partial charge in [-0.2, -0.15) is 5.26 Å². The number of hydrogen-bond donors (Lipinski definition) is 0. The fraction of sp³-hybridized carbons (Fsp3) is 0.333. The Morgan fingerprint density at radius 3 is 2.81 bits per heavy atom. The van der Waals surface area contributed by atoms with Crippen molar-refractivity contribution < 1.29 is 4.79 Å². The van der Waals surface area contributed by atoms with E-state index in [9.17, 15) is 4.79 Å². The van der Waals surface area contributed by atoms with E-state index < -0.39 is 0 Å². The van der Waals surface area contributed by atoms with Crippen molar-refractivity contribution in [2.75, 3.05) is 18.5 Å². The SMILES string of the molecule is CC(C#N)CN(C)c1ccc(C=O)cc1Br. The number of nitrogens with zero attached hydrogens (tertiary/aromatic N) is 2. The van der Waals surface area contributed by atoms with Crippen molar-refractivity contribution >= 4 is 27.9 Å². The van der Waals surface area contributed by atoms with E-state index in [2.05, 4.69) is 22.0 Å². The van der Waals surface area contributed by atoms with Crippen LogP contribution < -0.4 is 4.90 Å². The van der Waals surface area contributed by atoms with Crippen molar-refractivity contribution in [1.82, 2.24) is 0 Å². The summed E-state index contributed by atoms with van der Waals surface area (Å²) >= 11 is 3.42. The molecule has 1 aromatic rings. The van der Waals surface area contributed by atoms with E-state index in [0.717, 1.165) is 16.4 Å². The van der Waals surface area contributed by atoms with Gasteiger partial charge in [-0.1, -0.05) is 0 Å². The molecular formula is C12H13BrN2O. The summed E-state index contributed by atoms with van der Waals surface area (Å²) < 4.78 is 0.865. The molecule has 0 aromatic heterocycles. The minimum atomic E-state index is -0.0253. The van der Waals surface area contributed by atoms with Crippen LogP contribution in [0.5, 0.6) is 0 Å². The van der Waals surface area contributed by atoms with E-state index in [-0.39, 0.29) is 5.92 Å². The summed E-state index contributed by atoms with van der Waals surface area (Å²) in [6.07, 6.45) is 0.812. The van der Waals surface area contributed by atoms with Gasteiger partial charge < -0.3 is 4.90 Å². The molecule has 0 aliphatic heterocycles. The van der Waals surface area contributed by atoms with E-state index in [4.69, 9.17) is 5.26 Å². The zero-order valence-electron chi connectivity index (χ0n) is 9.27. The molecule has 0 aliphatic carbocycles. The van der Waals surface area contributed by atoms with Crippen LogP contribution in [0.4, 0.5) is 5.69 Å². The van der Waals surface area contributed by atoms with Gasteiger partial charge in [-0.25, -0.2) is 0 Å². The lowest BCUT2D eigenvalue weighted by Crippen LogP contribution is -2.23. The Morgan fingerprint density at radius 1 is 1.62 bits per heavy atom. The largest absolute Gasteiger partial charge is 0.372 e. The second kappa shape index (κ2) is 5.66. The van der Waals surface area contributed by atoms with E-state index in [1.165, 1.54) is 0 Å². The fourth-order valence-corrected chi connectivity index (χ4v) is 2.16. The van der Waals surface area contributed by atoms with Gasteiger partial charge in [-0.15, -0.1) is 0 Å². The lowest BCUT2D eigenvalue weighted by atomic mass is 10.1. The zero-order valence-corrected chi connectivity index (χ0v) is 10.9. The van der Waals surface area contributed by atoms with Crippen LogP contribution >= 0.6 is 15.9 Å². The van der Waals surface area contributed by atoms with Crippen LogP contribution in [0.3, 0.4) is 0 Å². The number of nitriles is 1. The molecule has 0 saturated heterocycles. The monoisotopic (exact) mass is 280 g/mol. The highest BCUT2D eigenvalue weighted by atomic mass is 79.9. The molecule has 0 bridgehead atoms. The average Bonchev–Trinajstić information content (AvgIpc) is 2.28. The molecule has 3 nitrogen and oxygen atoms in total. The van der Waals surface area contributed by atoms with Crippen molar-refractivity contribution in [2.45, 2.75) is 6.92 Å². The predicted molar refractivity (Wildman–Crippen MR) is 67.6 cm³/mol. The lowest BCUT2D eigenvalue weighted by molar-refractivity contribution is 0.112. The molecule has 0 fully saturated rings. The van der Waals surface area contributed by atoms with Gasteiger partial charge in [-0.05, 0) is 41.1 Å². The highest BCUT2D eigenvalue weighted by molar-refractivity contribution is 9.10. The van der Waals surface area contributed by atoms with Gasteiger partial charge in [0, 0.05) is 23.6 Å². The molecule has 1 aromatic carbocycles.